The van der Waals surface area contributed by atoms with Gasteiger partial charge in [0.05, 0.1) is 7.11 Å². The number of hydrogen-bond acceptors (Lipinski definition) is 4. The number of benzene rings is 1. The molecule has 0 radical (unpaired) electrons. The smallest absolute Gasteiger partial charge is 0.302 e. The highest BCUT2D eigenvalue weighted by atomic mass is 16.5. The Morgan fingerprint density at radius 1 is 1.44 bits per heavy atom. The molecule has 0 saturated carbocycles. The second kappa shape index (κ2) is 5.31. The number of methoxy groups -OCH3 is 1. The van der Waals surface area contributed by atoms with Crippen LogP contribution < -0.4 is 14.7 Å². The Kier molecular flexibility index (Phi) is 3.57. The van der Waals surface area contributed by atoms with Crippen LogP contribution in [0.4, 0.5) is 5.88 Å². The summed E-state index contributed by atoms with van der Waals surface area (Å²) in [6, 6.07) is 7.65. The lowest BCUT2D eigenvalue weighted by molar-refractivity contribution is -0.754. The first kappa shape index (κ1) is 12.1. The van der Waals surface area contributed by atoms with Gasteiger partial charge in [-0.1, -0.05) is 0 Å². The first-order valence-corrected chi connectivity index (χ1v) is 5.44. The molecule has 2 aromatic rings. The number of hydrogen-bond donors (Lipinski definition) is 1. The number of carbonyl (C=O) groups is 1. The van der Waals surface area contributed by atoms with E-state index in [2.05, 4.69) is 10.6 Å². The standard InChI is InChI=1S/C12H13N3O3/c1-9(16)13-12-8-15(14-18-12)7-10-3-5-11(17-2)6-4-10/h3-6,8H,7H2,1-2H3/p+1. The predicted molar refractivity (Wildman–Crippen MR) is 63.1 cm³/mol. The van der Waals surface area contributed by atoms with Crippen LogP contribution in [0.5, 0.6) is 5.75 Å². The molecular formula is C12H14N3O3+. The Morgan fingerprint density at radius 3 is 2.78 bits per heavy atom. The first-order valence-electron chi connectivity index (χ1n) is 5.44. The molecule has 0 fully saturated rings. The number of nitrogens with one attached hydrogen (secondary N) is 1. The monoisotopic (exact) mass is 248 g/mol. The molecule has 0 spiro atoms. The van der Waals surface area contributed by atoms with Gasteiger partial charge < -0.3 is 4.74 Å². The van der Waals surface area contributed by atoms with Gasteiger partial charge in [0.2, 0.25) is 17.7 Å². The largest absolute Gasteiger partial charge is 0.497 e. The third kappa shape index (κ3) is 3.07. The lowest BCUT2D eigenvalue weighted by Gasteiger charge is -1.98. The average molecular weight is 248 g/mol. The van der Waals surface area contributed by atoms with Crippen LogP contribution in [-0.2, 0) is 11.3 Å². The van der Waals surface area contributed by atoms with Gasteiger partial charge in [-0.05, 0) is 28.9 Å². The van der Waals surface area contributed by atoms with Gasteiger partial charge in [-0.15, -0.1) is 0 Å². The number of aromatic nitrogens is 2. The molecule has 1 N–H and O–H groups in total. The van der Waals surface area contributed by atoms with Gasteiger partial charge in [-0.3, -0.25) is 14.6 Å². The van der Waals surface area contributed by atoms with E-state index in [4.69, 9.17) is 9.26 Å². The summed E-state index contributed by atoms with van der Waals surface area (Å²) in [6.45, 7) is 1.98. The highest BCUT2D eigenvalue weighted by Gasteiger charge is 2.12. The van der Waals surface area contributed by atoms with Crippen LogP contribution in [0.15, 0.2) is 35.0 Å². The van der Waals surface area contributed by atoms with Crippen molar-refractivity contribution in [3.8, 4) is 5.75 Å². The molecule has 1 aromatic carbocycles. The minimum absolute atomic E-state index is 0.192. The third-order valence-corrected chi connectivity index (χ3v) is 2.31. The highest BCUT2D eigenvalue weighted by molar-refractivity contribution is 5.86. The quantitative estimate of drug-likeness (QED) is 0.819. The normalized spacial score (nSPS) is 10.1. The third-order valence-electron chi connectivity index (χ3n) is 2.31. The van der Waals surface area contributed by atoms with Crippen LogP contribution in [0.1, 0.15) is 12.5 Å². The van der Waals surface area contributed by atoms with E-state index in [1.165, 1.54) is 6.92 Å². The molecular weight excluding hydrogens is 234 g/mol. The summed E-state index contributed by atoms with van der Waals surface area (Å²) in [5.41, 5.74) is 1.06. The molecule has 2 rings (SSSR count). The maximum atomic E-state index is 10.8. The van der Waals surface area contributed by atoms with Crippen molar-refractivity contribution >= 4 is 11.8 Å². The van der Waals surface area contributed by atoms with E-state index < -0.39 is 0 Å². The molecule has 1 heterocycles. The van der Waals surface area contributed by atoms with E-state index in [1.54, 1.807) is 18.0 Å². The van der Waals surface area contributed by atoms with Crippen LogP contribution in [-0.4, -0.2) is 18.3 Å². The summed E-state index contributed by atoms with van der Waals surface area (Å²) >= 11 is 0. The first-order chi connectivity index (χ1) is 8.67. The van der Waals surface area contributed by atoms with Gasteiger partial charge in [0, 0.05) is 12.5 Å². The van der Waals surface area contributed by atoms with Crippen molar-refractivity contribution in [3.05, 3.63) is 36.0 Å². The van der Waals surface area contributed by atoms with Crippen LogP contribution in [0, 0.1) is 0 Å². The molecule has 0 aliphatic rings. The van der Waals surface area contributed by atoms with E-state index in [1.807, 2.05) is 24.3 Å². The number of carbonyl (C=O) groups excluding carboxylic acids is 1. The van der Waals surface area contributed by atoms with Crippen molar-refractivity contribution < 1.29 is 18.7 Å². The summed E-state index contributed by atoms with van der Waals surface area (Å²) < 4.78 is 11.6. The fourth-order valence-corrected chi connectivity index (χ4v) is 1.50. The fraction of sp³-hybridized carbons (Fsp3) is 0.250. The van der Waals surface area contributed by atoms with Crippen molar-refractivity contribution in [3.63, 3.8) is 0 Å². The summed E-state index contributed by atoms with van der Waals surface area (Å²) in [5, 5.41) is 6.32. The highest BCUT2D eigenvalue weighted by Crippen LogP contribution is 2.11. The van der Waals surface area contributed by atoms with Gasteiger partial charge in [0.15, 0.2) is 0 Å². The zero-order valence-corrected chi connectivity index (χ0v) is 10.2. The van der Waals surface area contributed by atoms with E-state index >= 15 is 0 Å². The number of amides is 1. The minimum atomic E-state index is -0.192. The fourth-order valence-electron chi connectivity index (χ4n) is 1.50. The van der Waals surface area contributed by atoms with Crippen molar-refractivity contribution in [2.45, 2.75) is 13.5 Å². The zero-order chi connectivity index (χ0) is 13.0. The molecule has 0 saturated heterocycles. The number of ether oxygens (including phenoxy) is 1. The minimum Gasteiger partial charge on any atom is -0.497 e. The Morgan fingerprint density at radius 2 is 2.17 bits per heavy atom. The van der Waals surface area contributed by atoms with Crippen LogP contribution >= 0.6 is 0 Å². The molecule has 6 heteroatoms. The van der Waals surface area contributed by atoms with Gasteiger partial charge in [0.1, 0.15) is 5.75 Å². The second-order valence-electron chi connectivity index (χ2n) is 3.79. The Bertz CT molecular complexity index is 534. The zero-order valence-electron chi connectivity index (χ0n) is 10.2. The molecule has 0 atom stereocenters. The number of rotatable bonds is 4. The number of anilines is 1. The SMILES string of the molecule is COc1ccc(C[n+]2cc(NC(C)=O)on2)cc1. The van der Waals surface area contributed by atoms with Crippen LogP contribution in [0.25, 0.3) is 0 Å². The average Bonchev–Trinajstić information content (AvgIpc) is 2.76. The van der Waals surface area contributed by atoms with Gasteiger partial charge >= 0.3 is 5.88 Å². The van der Waals surface area contributed by atoms with Crippen LogP contribution in [0.2, 0.25) is 0 Å². The molecule has 0 aliphatic heterocycles. The topological polar surface area (TPSA) is 68.2 Å². The van der Waals surface area contributed by atoms with E-state index in [0.717, 1.165) is 11.3 Å². The summed E-state index contributed by atoms with van der Waals surface area (Å²) in [7, 11) is 1.63. The molecule has 1 amide bonds. The Labute approximate surface area is 104 Å². The van der Waals surface area contributed by atoms with E-state index in [-0.39, 0.29) is 5.91 Å². The maximum Gasteiger partial charge on any atom is 0.302 e. The van der Waals surface area contributed by atoms with Crippen molar-refractivity contribution in [2.24, 2.45) is 0 Å². The molecule has 94 valence electrons. The molecule has 0 aliphatic carbocycles. The predicted octanol–water partition coefficient (Wildman–Crippen LogP) is 0.977. The van der Waals surface area contributed by atoms with E-state index in [9.17, 15) is 4.79 Å². The second-order valence-corrected chi connectivity index (χ2v) is 3.79. The maximum absolute atomic E-state index is 10.8. The Hall–Kier alpha value is -2.37. The van der Waals surface area contributed by atoms with Gasteiger partial charge in [-0.25, -0.2) is 0 Å². The summed E-state index contributed by atoms with van der Waals surface area (Å²) in [5.74, 6) is 0.946. The molecule has 0 bridgehead atoms. The molecule has 0 unspecified atom stereocenters. The van der Waals surface area contributed by atoms with Crippen LogP contribution in [0.3, 0.4) is 0 Å². The van der Waals surface area contributed by atoms with E-state index in [0.29, 0.717) is 12.4 Å². The summed E-state index contributed by atoms with van der Waals surface area (Å²) in [4.78, 5) is 10.8. The summed E-state index contributed by atoms with van der Waals surface area (Å²) in [6.07, 6.45) is 1.63. The van der Waals surface area contributed by atoms with Crippen molar-refractivity contribution in [1.82, 2.24) is 5.27 Å². The molecule has 18 heavy (non-hydrogen) atoms. The lowest BCUT2D eigenvalue weighted by Crippen LogP contribution is -2.35. The molecule has 1 aromatic heterocycles. The lowest BCUT2D eigenvalue weighted by atomic mass is 10.2. The van der Waals surface area contributed by atoms with Gasteiger partial charge in [0.25, 0.3) is 6.20 Å². The Balaban J connectivity index is 2.03. The number of nitrogens with zero attached hydrogens (tertiary/aromatic N) is 2. The molecule has 6 nitrogen and oxygen atoms in total. The van der Waals surface area contributed by atoms with Crippen molar-refractivity contribution in [1.29, 1.82) is 0 Å². The van der Waals surface area contributed by atoms with Crippen molar-refractivity contribution in [2.75, 3.05) is 12.4 Å². The van der Waals surface area contributed by atoms with Gasteiger partial charge in [-0.2, -0.15) is 0 Å².